The number of rotatable bonds is 8. The zero-order valence-electron chi connectivity index (χ0n) is 20.5. The van der Waals surface area contributed by atoms with Crippen LogP contribution in [0.2, 0.25) is 0 Å². The van der Waals surface area contributed by atoms with E-state index in [1.807, 2.05) is 49.4 Å². The first kappa shape index (κ1) is 23.4. The van der Waals surface area contributed by atoms with Crippen molar-refractivity contribution in [2.45, 2.75) is 33.6 Å². The molecular formula is C30H27NO5. The predicted molar refractivity (Wildman–Crippen MR) is 140 cm³/mol. The zero-order chi connectivity index (χ0) is 25.2. The number of ketones is 1. The van der Waals surface area contributed by atoms with E-state index in [1.165, 1.54) is 0 Å². The first-order chi connectivity index (χ1) is 17.5. The molecule has 2 heterocycles. The number of aryl methyl sites for hydroxylation is 2. The lowest BCUT2D eigenvalue weighted by molar-refractivity contribution is 0.101. The fourth-order valence-corrected chi connectivity index (χ4v) is 4.25. The lowest BCUT2D eigenvalue weighted by Gasteiger charge is -2.07. The third-order valence-corrected chi connectivity index (χ3v) is 6.18. The van der Waals surface area contributed by atoms with E-state index in [0.717, 1.165) is 18.4 Å². The molecule has 3 aromatic carbocycles. The van der Waals surface area contributed by atoms with E-state index in [-0.39, 0.29) is 17.5 Å². The number of furan rings is 2. The van der Waals surface area contributed by atoms with Crippen LogP contribution in [-0.4, -0.2) is 18.3 Å². The molecule has 2 aromatic heterocycles. The van der Waals surface area contributed by atoms with E-state index >= 15 is 0 Å². The molecule has 5 rings (SSSR count). The van der Waals surface area contributed by atoms with Crippen LogP contribution in [0.5, 0.6) is 5.75 Å². The molecule has 182 valence electrons. The van der Waals surface area contributed by atoms with Crippen molar-refractivity contribution in [1.29, 1.82) is 0 Å². The first-order valence-electron chi connectivity index (χ1n) is 12.1. The van der Waals surface area contributed by atoms with Crippen molar-refractivity contribution in [3.8, 4) is 5.75 Å². The highest BCUT2D eigenvalue weighted by atomic mass is 16.5. The number of hydrogen-bond acceptors (Lipinski definition) is 5. The molecule has 0 aliphatic carbocycles. The molecule has 0 bridgehead atoms. The van der Waals surface area contributed by atoms with Gasteiger partial charge in [0.25, 0.3) is 5.91 Å². The molecule has 1 N–H and O–H groups in total. The third kappa shape index (κ3) is 4.38. The van der Waals surface area contributed by atoms with Gasteiger partial charge in [-0.05, 0) is 50.6 Å². The minimum atomic E-state index is -0.388. The van der Waals surface area contributed by atoms with Gasteiger partial charge >= 0.3 is 0 Å². The minimum Gasteiger partial charge on any atom is -0.494 e. The number of fused-ring (bicyclic) bond motifs is 2. The summed E-state index contributed by atoms with van der Waals surface area (Å²) in [6, 6.07) is 20.0. The van der Waals surface area contributed by atoms with E-state index < -0.39 is 0 Å². The topological polar surface area (TPSA) is 81.7 Å². The van der Waals surface area contributed by atoms with Gasteiger partial charge in [-0.25, -0.2) is 0 Å². The van der Waals surface area contributed by atoms with E-state index in [2.05, 4.69) is 12.2 Å². The van der Waals surface area contributed by atoms with Gasteiger partial charge in [0.2, 0.25) is 5.78 Å². The molecule has 0 saturated heterocycles. The number of nitrogens with one attached hydrogen (secondary N) is 1. The summed E-state index contributed by atoms with van der Waals surface area (Å²) in [6.45, 7) is 6.41. The number of para-hydroxylation sites is 1. The number of ether oxygens (including phenoxy) is 1. The predicted octanol–water partition coefficient (Wildman–Crippen LogP) is 7.46. The van der Waals surface area contributed by atoms with E-state index in [0.29, 0.717) is 56.9 Å². The second kappa shape index (κ2) is 9.74. The molecule has 6 nitrogen and oxygen atoms in total. The molecule has 0 aliphatic rings. The lowest BCUT2D eigenvalue weighted by Crippen LogP contribution is -2.15. The smallest absolute Gasteiger partial charge is 0.259 e. The summed E-state index contributed by atoms with van der Waals surface area (Å²) >= 11 is 0. The maximum absolute atomic E-state index is 13.6. The second-order valence-electron chi connectivity index (χ2n) is 8.84. The molecular weight excluding hydrogens is 454 g/mol. The Balaban J connectivity index is 1.54. The second-order valence-corrected chi connectivity index (χ2v) is 8.84. The van der Waals surface area contributed by atoms with Crippen LogP contribution in [0.4, 0.5) is 5.69 Å². The maximum atomic E-state index is 13.6. The van der Waals surface area contributed by atoms with Gasteiger partial charge in [-0.15, -0.1) is 0 Å². The quantitative estimate of drug-likeness (QED) is 0.184. The number of benzene rings is 3. The Morgan fingerprint density at radius 3 is 2.42 bits per heavy atom. The van der Waals surface area contributed by atoms with Crippen LogP contribution in [0.3, 0.4) is 0 Å². The fourth-order valence-electron chi connectivity index (χ4n) is 4.25. The highest BCUT2D eigenvalue weighted by Crippen LogP contribution is 2.35. The first-order valence-corrected chi connectivity index (χ1v) is 12.1. The number of carbonyl (C=O) groups is 2. The Labute approximate surface area is 208 Å². The van der Waals surface area contributed by atoms with Crippen molar-refractivity contribution < 1.29 is 23.2 Å². The van der Waals surface area contributed by atoms with Crippen LogP contribution >= 0.6 is 0 Å². The molecule has 0 radical (unpaired) electrons. The molecule has 0 aliphatic heterocycles. The van der Waals surface area contributed by atoms with Gasteiger partial charge in [0.1, 0.15) is 22.7 Å². The average Bonchev–Trinajstić information content (AvgIpc) is 3.41. The molecule has 6 heteroatoms. The van der Waals surface area contributed by atoms with Crippen LogP contribution in [0.15, 0.2) is 75.6 Å². The van der Waals surface area contributed by atoms with Crippen molar-refractivity contribution in [1.82, 2.24) is 0 Å². The Bertz CT molecular complexity index is 1570. The molecule has 5 aromatic rings. The average molecular weight is 482 g/mol. The fraction of sp³-hybridized carbons (Fsp3) is 0.200. The molecule has 0 spiro atoms. The SMILES string of the molecule is CCCCOc1ccc2oc(C)c(C(=O)Nc3c(C(=O)c4ccc(C)cc4)oc4ccccc34)c2c1. The molecule has 36 heavy (non-hydrogen) atoms. The molecule has 0 unspecified atom stereocenters. The van der Waals surface area contributed by atoms with E-state index in [9.17, 15) is 9.59 Å². The minimum absolute atomic E-state index is 0.0856. The summed E-state index contributed by atoms with van der Waals surface area (Å²) in [6.07, 6.45) is 1.98. The van der Waals surface area contributed by atoms with Crippen LogP contribution < -0.4 is 10.1 Å². The Hall–Kier alpha value is -4.32. The lowest BCUT2D eigenvalue weighted by atomic mass is 10.0. The molecule has 0 atom stereocenters. The monoisotopic (exact) mass is 481 g/mol. The van der Waals surface area contributed by atoms with Gasteiger partial charge in [-0.1, -0.05) is 55.3 Å². The Morgan fingerprint density at radius 2 is 1.64 bits per heavy atom. The number of hydrogen-bond donors (Lipinski definition) is 1. The van der Waals surface area contributed by atoms with Gasteiger partial charge in [0.15, 0.2) is 5.76 Å². The largest absolute Gasteiger partial charge is 0.494 e. The summed E-state index contributed by atoms with van der Waals surface area (Å²) in [5.41, 5.74) is 3.37. The van der Waals surface area contributed by atoms with Crippen LogP contribution in [-0.2, 0) is 0 Å². The summed E-state index contributed by atoms with van der Waals surface area (Å²) in [4.78, 5) is 27.0. The molecule has 1 amide bonds. The van der Waals surface area contributed by atoms with Gasteiger partial charge in [0.05, 0.1) is 17.9 Å². The number of anilines is 1. The summed E-state index contributed by atoms with van der Waals surface area (Å²) in [7, 11) is 0. The molecule has 0 fully saturated rings. The summed E-state index contributed by atoms with van der Waals surface area (Å²) in [5.74, 6) is 0.549. The maximum Gasteiger partial charge on any atom is 0.259 e. The van der Waals surface area contributed by atoms with Crippen molar-refractivity contribution in [3.05, 3.63) is 94.9 Å². The normalized spacial score (nSPS) is 11.2. The van der Waals surface area contributed by atoms with Crippen molar-refractivity contribution in [3.63, 3.8) is 0 Å². The Kier molecular flexibility index (Phi) is 6.34. The van der Waals surface area contributed by atoms with E-state index in [1.54, 1.807) is 31.2 Å². The molecule has 0 saturated carbocycles. The standard InChI is InChI=1S/C30H27NO5/c1-4-5-16-34-21-14-15-25-23(17-21)26(19(3)35-25)30(33)31-27-22-8-6-7-9-24(22)36-29(27)28(32)20-12-10-18(2)11-13-20/h6-15,17H,4-5,16H2,1-3H3,(H,31,33). The van der Waals surface area contributed by atoms with E-state index in [4.69, 9.17) is 13.6 Å². The van der Waals surface area contributed by atoms with Crippen LogP contribution in [0.25, 0.3) is 21.9 Å². The summed E-state index contributed by atoms with van der Waals surface area (Å²) < 4.78 is 17.6. The zero-order valence-corrected chi connectivity index (χ0v) is 20.5. The number of unbranched alkanes of at least 4 members (excludes halogenated alkanes) is 1. The van der Waals surface area contributed by atoms with Crippen molar-refractivity contribution in [2.24, 2.45) is 0 Å². The van der Waals surface area contributed by atoms with Crippen molar-refractivity contribution >= 4 is 39.3 Å². The van der Waals surface area contributed by atoms with Gasteiger partial charge in [-0.2, -0.15) is 0 Å². The Morgan fingerprint density at radius 1 is 0.889 bits per heavy atom. The van der Waals surface area contributed by atoms with Gasteiger partial charge in [-0.3, -0.25) is 9.59 Å². The van der Waals surface area contributed by atoms with Crippen LogP contribution in [0, 0.1) is 13.8 Å². The highest BCUT2D eigenvalue weighted by Gasteiger charge is 2.26. The summed E-state index contributed by atoms with van der Waals surface area (Å²) in [5, 5.41) is 4.25. The van der Waals surface area contributed by atoms with Gasteiger partial charge in [0, 0.05) is 16.3 Å². The number of carbonyl (C=O) groups excluding carboxylic acids is 2. The van der Waals surface area contributed by atoms with Gasteiger partial charge < -0.3 is 18.9 Å². The van der Waals surface area contributed by atoms with Crippen molar-refractivity contribution in [2.75, 3.05) is 11.9 Å². The number of amides is 1. The highest BCUT2D eigenvalue weighted by molar-refractivity contribution is 6.21. The van der Waals surface area contributed by atoms with Crippen LogP contribution in [0.1, 0.15) is 57.6 Å². The third-order valence-electron chi connectivity index (χ3n) is 6.18.